The van der Waals surface area contributed by atoms with Crippen LogP contribution in [0.3, 0.4) is 0 Å². The highest BCUT2D eigenvalue weighted by atomic mass is 35.5. The van der Waals surface area contributed by atoms with E-state index >= 15 is 0 Å². The van der Waals surface area contributed by atoms with Gasteiger partial charge in [0.25, 0.3) is 0 Å². The van der Waals surface area contributed by atoms with Gasteiger partial charge >= 0.3 is 0 Å². The van der Waals surface area contributed by atoms with E-state index < -0.39 is 0 Å². The third kappa shape index (κ3) is 2.73. The summed E-state index contributed by atoms with van der Waals surface area (Å²) in [4.78, 5) is 8.01. The normalized spacial score (nSPS) is 16.7. The van der Waals surface area contributed by atoms with E-state index in [0.29, 0.717) is 16.8 Å². The smallest absolute Gasteiger partial charge is 0.222 e. The van der Waals surface area contributed by atoms with Crippen molar-refractivity contribution >= 4 is 23.2 Å². The van der Waals surface area contributed by atoms with E-state index in [4.69, 9.17) is 23.2 Å². The minimum Gasteiger partial charge on any atom is -0.317 e. The zero-order chi connectivity index (χ0) is 13.2. The maximum atomic E-state index is 6.10. The van der Waals surface area contributed by atoms with Crippen molar-refractivity contribution in [1.82, 2.24) is 25.1 Å². The molecule has 19 heavy (non-hydrogen) atoms. The van der Waals surface area contributed by atoms with Crippen LogP contribution in [0.1, 0.15) is 18.9 Å². The highest BCUT2D eigenvalue weighted by Crippen LogP contribution is 2.27. The molecule has 1 N–H and O–H groups in total. The maximum Gasteiger partial charge on any atom is 0.222 e. The summed E-state index contributed by atoms with van der Waals surface area (Å²) in [5.41, 5.74) is 1.50. The van der Waals surface area contributed by atoms with Gasteiger partial charge in [-0.15, -0.1) is 0 Å². The summed E-state index contributed by atoms with van der Waals surface area (Å²) in [5.74, 6) is 0. The summed E-state index contributed by atoms with van der Waals surface area (Å²) in [6, 6.07) is 0.436. The number of aromatic nitrogens is 4. The molecule has 0 unspecified atom stereocenters. The number of hydrogen-bond donors (Lipinski definition) is 1. The summed E-state index contributed by atoms with van der Waals surface area (Å²) in [6.07, 6.45) is 7.42. The van der Waals surface area contributed by atoms with Gasteiger partial charge in [0.15, 0.2) is 0 Å². The van der Waals surface area contributed by atoms with Crippen LogP contribution >= 0.6 is 23.2 Å². The Hall–Kier alpha value is -1.17. The zero-order valence-corrected chi connectivity index (χ0v) is 11.7. The van der Waals surface area contributed by atoms with Crippen LogP contribution in [0.25, 0.3) is 11.3 Å². The van der Waals surface area contributed by atoms with Crippen LogP contribution in [0.5, 0.6) is 0 Å². The Balaban J connectivity index is 1.89. The van der Waals surface area contributed by atoms with Gasteiger partial charge in [-0.1, -0.05) is 11.6 Å². The number of piperidine rings is 1. The van der Waals surface area contributed by atoms with E-state index in [9.17, 15) is 0 Å². The number of halogens is 2. The molecule has 1 saturated heterocycles. The molecule has 2 aromatic heterocycles. The average molecular weight is 298 g/mol. The average Bonchev–Trinajstić information content (AvgIpc) is 2.92. The molecule has 3 heterocycles. The summed E-state index contributed by atoms with van der Waals surface area (Å²) < 4.78 is 1.99. The highest BCUT2D eigenvalue weighted by molar-refractivity contribution is 6.33. The van der Waals surface area contributed by atoms with Crippen LogP contribution in [0.4, 0.5) is 0 Å². The van der Waals surface area contributed by atoms with Gasteiger partial charge in [0.2, 0.25) is 5.28 Å². The molecular formula is C12H13Cl2N5. The maximum absolute atomic E-state index is 6.10. The van der Waals surface area contributed by atoms with Crippen LogP contribution in [-0.2, 0) is 0 Å². The van der Waals surface area contributed by atoms with Gasteiger partial charge in [-0.05, 0) is 37.5 Å². The molecular weight excluding hydrogens is 285 g/mol. The molecule has 0 saturated carbocycles. The van der Waals surface area contributed by atoms with E-state index in [1.54, 1.807) is 6.20 Å². The lowest BCUT2D eigenvalue weighted by Crippen LogP contribution is -2.29. The van der Waals surface area contributed by atoms with Crippen molar-refractivity contribution in [2.75, 3.05) is 13.1 Å². The lowest BCUT2D eigenvalue weighted by atomic mass is 10.1. The van der Waals surface area contributed by atoms with Crippen LogP contribution in [0.2, 0.25) is 10.3 Å². The van der Waals surface area contributed by atoms with Crippen molar-refractivity contribution in [3.05, 3.63) is 28.9 Å². The van der Waals surface area contributed by atoms with E-state index in [1.807, 2.05) is 10.9 Å². The molecule has 0 aromatic carbocycles. The number of nitrogens with zero attached hydrogens (tertiary/aromatic N) is 4. The second-order valence-electron chi connectivity index (χ2n) is 4.53. The molecule has 0 amide bonds. The minimum atomic E-state index is 0.189. The van der Waals surface area contributed by atoms with Crippen LogP contribution < -0.4 is 5.32 Å². The summed E-state index contributed by atoms with van der Waals surface area (Å²) in [6.45, 7) is 2.06. The van der Waals surface area contributed by atoms with E-state index in [1.165, 1.54) is 6.20 Å². The van der Waals surface area contributed by atoms with Gasteiger partial charge in [-0.3, -0.25) is 4.68 Å². The first-order chi connectivity index (χ1) is 9.24. The van der Waals surface area contributed by atoms with Gasteiger partial charge in [0.05, 0.1) is 29.2 Å². The van der Waals surface area contributed by atoms with E-state index in [0.717, 1.165) is 31.5 Å². The lowest BCUT2D eigenvalue weighted by Gasteiger charge is -2.22. The first-order valence-corrected chi connectivity index (χ1v) is 6.93. The molecule has 1 fully saturated rings. The molecule has 2 aromatic rings. The second kappa shape index (κ2) is 5.45. The van der Waals surface area contributed by atoms with Gasteiger partial charge in [-0.25, -0.2) is 9.97 Å². The molecule has 100 valence electrons. The van der Waals surface area contributed by atoms with Crippen LogP contribution in [0.15, 0.2) is 18.6 Å². The second-order valence-corrected chi connectivity index (χ2v) is 5.27. The van der Waals surface area contributed by atoms with Gasteiger partial charge in [-0.2, -0.15) is 5.10 Å². The number of hydrogen-bond acceptors (Lipinski definition) is 4. The van der Waals surface area contributed by atoms with Gasteiger partial charge in [0, 0.05) is 11.8 Å². The van der Waals surface area contributed by atoms with Gasteiger partial charge in [0.1, 0.15) is 0 Å². The summed E-state index contributed by atoms with van der Waals surface area (Å²) in [5, 5.41) is 8.42. The molecule has 7 heteroatoms. The molecule has 0 spiro atoms. The fraction of sp³-hybridized carbons (Fsp3) is 0.417. The minimum absolute atomic E-state index is 0.189. The number of rotatable bonds is 2. The van der Waals surface area contributed by atoms with Crippen molar-refractivity contribution in [3.8, 4) is 11.3 Å². The summed E-state index contributed by atoms with van der Waals surface area (Å²) >= 11 is 11.9. The number of nitrogens with one attached hydrogen (secondary N) is 1. The Labute approximate surface area is 121 Å². The zero-order valence-electron chi connectivity index (χ0n) is 10.2. The molecule has 0 radical (unpaired) electrons. The first kappa shape index (κ1) is 12.8. The Morgan fingerprint density at radius 2 is 2.00 bits per heavy atom. The van der Waals surface area contributed by atoms with E-state index in [-0.39, 0.29) is 5.28 Å². The van der Waals surface area contributed by atoms with E-state index in [2.05, 4.69) is 20.4 Å². The molecule has 0 atom stereocenters. The van der Waals surface area contributed by atoms with Crippen LogP contribution in [0, 0.1) is 0 Å². The van der Waals surface area contributed by atoms with Crippen molar-refractivity contribution < 1.29 is 0 Å². The fourth-order valence-corrected chi connectivity index (χ4v) is 2.61. The molecule has 1 aliphatic rings. The van der Waals surface area contributed by atoms with Crippen molar-refractivity contribution in [1.29, 1.82) is 0 Å². The Morgan fingerprint density at radius 1 is 1.21 bits per heavy atom. The Bertz CT molecular complexity index is 577. The van der Waals surface area contributed by atoms with Crippen molar-refractivity contribution in [2.45, 2.75) is 18.9 Å². The van der Waals surface area contributed by atoms with Gasteiger partial charge < -0.3 is 5.32 Å². The highest BCUT2D eigenvalue weighted by Gasteiger charge is 2.17. The molecule has 1 aliphatic heterocycles. The quantitative estimate of drug-likeness (QED) is 0.866. The molecule has 0 aliphatic carbocycles. The molecule has 0 bridgehead atoms. The van der Waals surface area contributed by atoms with Crippen LogP contribution in [-0.4, -0.2) is 32.8 Å². The first-order valence-electron chi connectivity index (χ1n) is 6.17. The molecule has 5 nitrogen and oxygen atoms in total. The lowest BCUT2D eigenvalue weighted by molar-refractivity contribution is 0.343. The predicted molar refractivity (Wildman–Crippen MR) is 74.4 cm³/mol. The largest absolute Gasteiger partial charge is 0.317 e. The third-order valence-electron chi connectivity index (χ3n) is 3.27. The summed E-state index contributed by atoms with van der Waals surface area (Å²) in [7, 11) is 0. The third-order valence-corrected chi connectivity index (χ3v) is 3.73. The fourth-order valence-electron chi connectivity index (χ4n) is 2.28. The van der Waals surface area contributed by atoms with Crippen molar-refractivity contribution in [2.24, 2.45) is 0 Å². The van der Waals surface area contributed by atoms with Crippen molar-refractivity contribution in [3.63, 3.8) is 0 Å². The standard InChI is InChI=1S/C12H13Cl2N5/c13-10-6-16-12(14)18-11(10)8-5-17-19(7-8)9-1-3-15-4-2-9/h5-7,9,15H,1-4H2. The Kier molecular flexibility index (Phi) is 3.68. The predicted octanol–water partition coefficient (Wildman–Crippen LogP) is 2.57. The SMILES string of the molecule is Clc1ncc(Cl)c(-c2cnn(C3CCNCC3)c2)n1. The molecule has 3 rings (SSSR count). The topological polar surface area (TPSA) is 55.6 Å². The Morgan fingerprint density at radius 3 is 2.79 bits per heavy atom. The monoisotopic (exact) mass is 297 g/mol.